The van der Waals surface area contributed by atoms with Gasteiger partial charge in [0.1, 0.15) is 0 Å². The molecule has 3 nitrogen and oxygen atoms in total. The molecule has 78 valence electrons. The molecule has 1 aromatic carbocycles. The van der Waals surface area contributed by atoms with Crippen molar-refractivity contribution >= 4 is 6.08 Å². The zero-order valence-electron chi connectivity index (χ0n) is 8.64. The van der Waals surface area contributed by atoms with Crippen LogP contribution in [0.5, 0.6) is 0 Å². The molecule has 1 aromatic rings. The first-order valence-corrected chi connectivity index (χ1v) is 5.10. The van der Waals surface area contributed by atoms with Gasteiger partial charge < -0.3 is 0 Å². The summed E-state index contributed by atoms with van der Waals surface area (Å²) in [6.07, 6.45) is 4.08. The molecule has 0 radical (unpaired) electrons. The number of hydrogen-bond acceptors (Lipinski definition) is 2. The maximum Gasteiger partial charge on any atom is 0.243 e. The molecule has 3 heteroatoms. The molecule has 0 bridgehead atoms. The van der Waals surface area contributed by atoms with Gasteiger partial charge in [0.05, 0.1) is 4.92 Å². The maximum absolute atomic E-state index is 10.5. The van der Waals surface area contributed by atoms with Gasteiger partial charge in [-0.3, -0.25) is 10.1 Å². The number of rotatable bonds is 3. The number of allylic oxidation sites excluding steroid dienone is 1. The first-order chi connectivity index (χ1) is 7.18. The van der Waals surface area contributed by atoms with Crippen molar-refractivity contribution in [1.82, 2.24) is 0 Å². The highest BCUT2D eigenvalue weighted by Crippen LogP contribution is 2.41. The Balaban J connectivity index is 2.35. The van der Waals surface area contributed by atoms with Crippen molar-refractivity contribution in [3.63, 3.8) is 0 Å². The lowest BCUT2D eigenvalue weighted by Crippen LogP contribution is -1.94. The standard InChI is InChI=1S/C12H13NO2/c1-9(13(14)15)8-11-4-2-3-5-12(11)10-6-7-10/h2-5,8,10H,6-7H2,1H3. The number of hydrogen-bond donors (Lipinski definition) is 0. The summed E-state index contributed by atoms with van der Waals surface area (Å²) in [5.74, 6) is 0.622. The molecule has 0 saturated heterocycles. The Hall–Kier alpha value is -1.64. The second kappa shape index (κ2) is 3.85. The molecule has 0 heterocycles. The van der Waals surface area contributed by atoms with Crippen molar-refractivity contribution in [2.75, 3.05) is 0 Å². The van der Waals surface area contributed by atoms with Gasteiger partial charge >= 0.3 is 0 Å². The third-order valence-electron chi connectivity index (χ3n) is 2.67. The van der Waals surface area contributed by atoms with Gasteiger partial charge in [0, 0.05) is 13.0 Å². The molecule has 0 atom stereocenters. The van der Waals surface area contributed by atoms with E-state index in [2.05, 4.69) is 6.07 Å². The lowest BCUT2D eigenvalue weighted by molar-refractivity contribution is -0.422. The highest BCUT2D eigenvalue weighted by molar-refractivity contribution is 5.56. The second-order valence-electron chi connectivity index (χ2n) is 3.95. The molecule has 0 aliphatic heterocycles. The summed E-state index contributed by atoms with van der Waals surface area (Å²) in [5, 5.41) is 10.5. The van der Waals surface area contributed by atoms with Crippen LogP contribution in [0.4, 0.5) is 0 Å². The van der Waals surface area contributed by atoms with Crippen LogP contribution in [0.3, 0.4) is 0 Å². The van der Waals surface area contributed by atoms with Crippen LogP contribution < -0.4 is 0 Å². The van der Waals surface area contributed by atoms with E-state index in [1.54, 1.807) is 6.08 Å². The average molecular weight is 203 g/mol. The fourth-order valence-corrected chi connectivity index (χ4v) is 1.69. The van der Waals surface area contributed by atoms with Gasteiger partial charge in [-0.1, -0.05) is 24.3 Å². The van der Waals surface area contributed by atoms with Crippen molar-refractivity contribution in [2.45, 2.75) is 25.7 Å². The van der Waals surface area contributed by atoms with Crippen LogP contribution in [0.1, 0.15) is 36.8 Å². The summed E-state index contributed by atoms with van der Waals surface area (Å²) in [6.45, 7) is 1.53. The Morgan fingerprint density at radius 3 is 2.73 bits per heavy atom. The normalized spacial score (nSPS) is 16.5. The smallest absolute Gasteiger partial charge is 0.243 e. The summed E-state index contributed by atoms with van der Waals surface area (Å²) in [7, 11) is 0. The van der Waals surface area contributed by atoms with Crippen molar-refractivity contribution in [1.29, 1.82) is 0 Å². The Morgan fingerprint density at radius 2 is 2.13 bits per heavy atom. The molecule has 0 spiro atoms. The van der Waals surface area contributed by atoms with Crippen LogP contribution in [0.2, 0.25) is 0 Å². The minimum absolute atomic E-state index is 0.197. The average Bonchev–Trinajstić information content (AvgIpc) is 3.02. The van der Waals surface area contributed by atoms with Gasteiger partial charge in [-0.2, -0.15) is 0 Å². The highest BCUT2D eigenvalue weighted by Gasteiger charge is 2.25. The monoisotopic (exact) mass is 203 g/mol. The quantitative estimate of drug-likeness (QED) is 0.559. The predicted octanol–water partition coefficient (Wildman–Crippen LogP) is 3.20. The summed E-state index contributed by atoms with van der Waals surface area (Å²) in [6, 6.07) is 7.93. The molecule has 1 fully saturated rings. The molecule has 0 amide bonds. The van der Waals surface area contributed by atoms with E-state index in [4.69, 9.17) is 0 Å². The Morgan fingerprint density at radius 1 is 1.47 bits per heavy atom. The van der Waals surface area contributed by atoms with E-state index in [-0.39, 0.29) is 10.6 Å². The van der Waals surface area contributed by atoms with Crippen LogP contribution >= 0.6 is 0 Å². The summed E-state index contributed by atoms with van der Waals surface area (Å²) >= 11 is 0. The van der Waals surface area contributed by atoms with E-state index < -0.39 is 0 Å². The molecule has 1 saturated carbocycles. The van der Waals surface area contributed by atoms with Crippen LogP contribution in [0.25, 0.3) is 6.08 Å². The minimum atomic E-state index is -0.344. The summed E-state index contributed by atoms with van der Waals surface area (Å²) in [5.41, 5.74) is 2.44. The van der Waals surface area contributed by atoms with Crippen molar-refractivity contribution in [3.8, 4) is 0 Å². The van der Waals surface area contributed by atoms with Gasteiger partial charge in [0.2, 0.25) is 5.70 Å². The molecule has 1 aliphatic rings. The summed E-state index contributed by atoms with van der Waals surface area (Å²) < 4.78 is 0. The molecular weight excluding hydrogens is 190 g/mol. The van der Waals surface area contributed by atoms with E-state index in [1.807, 2.05) is 18.2 Å². The topological polar surface area (TPSA) is 43.1 Å². The number of nitro groups is 1. The van der Waals surface area contributed by atoms with Crippen molar-refractivity contribution in [3.05, 3.63) is 51.2 Å². The Bertz CT molecular complexity index is 419. The zero-order chi connectivity index (χ0) is 10.8. The lowest BCUT2D eigenvalue weighted by atomic mass is 10.0. The van der Waals surface area contributed by atoms with Gasteiger partial charge in [-0.05, 0) is 29.9 Å². The fourth-order valence-electron chi connectivity index (χ4n) is 1.69. The first kappa shape index (κ1) is 9.90. The van der Waals surface area contributed by atoms with Gasteiger partial charge in [0.25, 0.3) is 0 Å². The van der Waals surface area contributed by atoms with Crippen molar-refractivity contribution < 1.29 is 4.92 Å². The first-order valence-electron chi connectivity index (χ1n) is 5.10. The predicted molar refractivity (Wildman–Crippen MR) is 59.1 cm³/mol. The molecule has 2 rings (SSSR count). The van der Waals surface area contributed by atoms with E-state index in [1.165, 1.54) is 25.3 Å². The Labute approximate surface area is 88.6 Å². The van der Waals surface area contributed by atoms with Gasteiger partial charge in [-0.25, -0.2) is 0 Å². The number of benzene rings is 1. The minimum Gasteiger partial charge on any atom is -0.259 e. The molecule has 0 unspecified atom stereocenters. The zero-order valence-corrected chi connectivity index (χ0v) is 8.64. The molecular formula is C12H13NO2. The highest BCUT2D eigenvalue weighted by atomic mass is 16.6. The SMILES string of the molecule is CC(=Cc1ccccc1C1CC1)[N+](=O)[O-]. The van der Waals surface area contributed by atoms with Crippen LogP contribution in [0.15, 0.2) is 30.0 Å². The van der Waals surface area contributed by atoms with E-state index in [0.29, 0.717) is 5.92 Å². The maximum atomic E-state index is 10.5. The Kier molecular flexibility index (Phi) is 2.54. The van der Waals surface area contributed by atoms with E-state index >= 15 is 0 Å². The third kappa shape index (κ3) is 2.24. The largest absolute Gasteiger partial charge is 0.259 e. The molecule has 1 aliphatic carbocycles. The molecule has 0 N–H and O–H groups in total. The van der Waals surface area contributed by atoms with Gasteiger partial charge in [-0.15, -0.1) is 0 Å². The number of nitrogens with zero attached hydrogens (tertiary/aromatic N) is 1. The van der Waals surface area contributed by atoms with Gasteiger partial charge in [0.15, 0.2) is 0 Å². The van der Waals surface area contributed by atoms with Crippen molar-refractivity contribution in [2.24, 2.45) is 0 Å². The fraction of sp³-hybridized carbons (Fsp3) is 0.333. The van der Waals surface area contributed by atoms with Crippen LogP contribution in [-0.4, -0.2) is 4.92 Å². The molecule has 15 heavy (non-hydrogen) atoms. The van der Waals surface area contributed by atoms with E-state index in [9.17, 15) is 10.1 Å². The third-order valence-corrected chi connectivity index (χ3v) is 2.67. The lowest BCUT2D eigenvalue weighted by Gasteiger charge is -2.02. The molecule has 0 aromatic heterocycles. The summed E-state index contributed by atoms with van der Waals surface area (Å²) in [4.78, 5) is 10.2. The van der Waals surface area contributed by atoms with Crippen LogP contribution in [0, 0.1) is 10.1 Å². The van der Waals surface area contributed by atoms with Crippen LogP contribution in [-0.2, 0) is 0 Å². The van der Waals surface area contributed by atoms with E-state index in [0.717, 1.165) is 5.56 Å². The second-order valence-corrected chi connectivity index (χ2v) is 3.95.